The second-order valence-electron chi connectivity index (χ2n) is 9.15. The van der Waals surface area contributed by atoms with Gasteiger partial charge in [0.25, 0.3) is 0 Å². The van der Waals surface area contributed by atoms with E-state index in [0.29, 0.717) is 19.4 Å². The van der Waals surface area contributed by atoms with Gasteiger partial charge in [-0.15, -0.1) is 0 Å². The van der Waals surface area contributed by atoms with Crippen molar-refractivity contribution in [3.05, 3.63) is 35.3 Å². The number of carbonyl (C=O) groups excluding carboxylic acids is 1. The molecule has 0 saturated heterocycles. The van der Waals surface area contributed by atoms with Crippen LogP contribution in [0, 0.1) is 11.1 Å². The summed E-state index contributed by atoms with van der Waals surface area (Å²) in [6.45, 7) is 5.27. The molecule has 0 radical (unpaired) electrons. The number of pyridine rings is 1. The molecule has 0 bridgehead atoms. The second-order valence-corrected chi connectivity index (χ2v) is 9.15. The van der Waals surface area contributed by atoms with Gasteiger partial charge in [0.15, 0.2) is 11.9 Å². The Labute approximate surface area is 185 Å². The zero-order valence-corrected chi connectivity index (χ0v) is 19.7. The van der Waals surface area contributed by atoms with Crippen molar-refractivity contribution in [1.29, 1.82) is 0 Å². The Morgan fingerprint density at radius 3 is 2.00 bits per heavy atom. The van der Waals surface area contributed by atoms with E-state index in [0.717, 1.165) is 35.6 Å². The van der Waals surface area contributed by atoms with E-state index in [2.05, 4.69) is 19.2 Å². The number of amides is 1. The van der Waals surface area contributed by atoms with Gasteiger partial charge in [-0.3, -0.25) is 4.79 Å². The predicted molar refractivity (Wildman–Crippen MR) is 126 cm³/mol. The fourth-order valence-electron chi connectivity index (χ4n) is 3.85. The fourth-order valence-corrected chi connectivity index (χ4v) is 3.85. The normalized spacial score (nSPS) is 11.2. The molecule has 4 nitrogen and oxygen atoms in total. The summed E-state index contributed by atoms with van der Waals surface area (Å²) in [6.07, 6.45) is 20.9. The summed E-state index contributed by atoms with van der Waals surface area (Å²) in [4.78, 5) is 11.9. The third-order valence-electron chi connectivity index (χ3n) is 5.77. The Kier molecular flexibility index (Phi) is 16.1. The van der Waals surface area contributed by atoms with Crippen LogP contribution in [0.25, 0.3) is 0 Å². The second kappa shape index (κ2) is 18.2. The summed E-state index contributed by atoms with van der Waals surface area (Å²) < 4.78 is 0.900. The van der Waals surface area contributed by atoms with Crippen molar-refractivity contribution in [2.24, 2.45) is 5.92 Å². The lowest BCUT2D eigenvalue weighted by Gasteiger charge is -2.06. The molecule has 1 heterocycles. The number of unbranched alkanes of at least 4 members (excludes halogenated alkanes) is 11. The number of rotatable bonds is 19. The highest BCUT2D eigenvalue weighted by atomic mass is 16.5. The topological polar surface area (TPSA) is 56.0 Å². The molecule has 0 spiro atoms. The fraction of sp³-hybridized carbons (Fsp3) is 0.769. The number of carbonyl (C=O) groups is 1. The number of nitrogens with zero attached hydrogens (tertiary/aromatic N) is 1. The monoisotopic (exact) mass is 418 g/mol. The number of nitrogens with one attached hydrogen (secondary N) is 1. The van der Waals surface area contributed by atoms with Gasteiger partial charge in [0.1, 0.15) is 0 Å². The predicted octanol–water partition coefficient (Wildman–Crippen LogP) is 6.49. The maximum Gasteiger partial charge on any atom is 0.219 e. The summed E-state index contributed by atoms with van der Waals surface area (Å²) >= 11 is 0. The molecule has 0 fully saturated rings. The smallest absolute Gasteiger partial charge is 0.219 e. The van der Waals surface area contributed by atoms with Crippen molar-refractivity contribution in [3.8, 4) is 0 Å². The van der Waals surface area contributed by atoms with Crippen molar-refractivity contribution in [3.63, 3.8) is 0 Å². The first-order valence-electron chi connectivity index (χ1n) is 12.5. The third-order valence-corrected chi connectivity index (χ3v) is 5.77. The zero-order valence-electron chi connectivity index (χ0n) is 19.7. The molecule has 1 amide bonds. The Hall–Kier alpha value is -1.58. The molecule has 0 aliphatic rings. The highest BCUT2D eigenvalue weighted by molar-refractivity contribution is 5.75. The zero-order chi connectivity index (χ0) is 21.9. The Balaban J connectivity index is 1.80. The summed E-state index contributed by atoms with van der Waals surface area (Å²) in [5.74, 6) is 1.00. The number of aryl methyl sites for hydroxylation is 1. The van der Waals surface area contributed by atoms with Crippen LogP contribution >= 0.6 is 0 Å². The van der Waals surface area contributed by atoms with Crippen LogP contribution in [0.5, 0.6) is 0 Å². The molecule has 1 aromatic rings. The van der Waals surface area contributed by atoms with Crippen LogP contribution < -0.4 is 10.0 Å². The van der Waals surface area contributed by atoms with Gasteiger partial charge in [0.05, 0.1) is 0 Å². The minimum Gasteiger partial charge on any atom is -0.619 e. The molecular formula is C26H46N2O2. The van der Waals surface area contributed by atoms with Gasteiger partial charge in [0.2, 0.25) is 5.91 Å². The molecular weight excluding hydrogens is 372 g/mol. The molecule has 0 saturated carbocycles. The van der Waals surface area contributed by atoms with E-state index in [1.54, 1.807) is 6.07 Å². The molecule has 0 unspecified atom stereocenters. The van der Waals surface area contributed by atoms with Crippen molar-refractivity contribution >= 4 is 5.91 Å². The van der Waals surface area contributed by atoms with E-state index in [4.69, 9.17) is 0 Å². The SMILES string of the molecule is CC(C)CCCCCCCCCCCCCCC(=O)NCCCc1cccc[n+]1[O-]. The highest BCUT2D eigenvalue weighted by Gasteiger charge is 2.04. The first kappa shape index (κ1) is 26.5. The first-order valence-corrected chi connectivity index (χ1v) is 12.5. The standard InChI is InChI=1S/C26H46N2O2/c1-24(2)18-13-11-9-7-5-3-4-6-8-10-12-14-21-26(29)27-22-17-20-25-19-15-16-23-28(25)30/h15-16,19,23-24H,3-14,17-18,20-22H2,1-2H3,(H,27,29). The van der Waals surface area contributed by atoms with E-state index in [1.165, 1.54) is 76.8 Å². The Bertz CT molecular complexity index is 546. The average molecular weight is 419 g/mol. The summed E-state index contributed by atoms with van der Waals surface area (Å²) in [7, 11) is 0. The lowest BCUT2D eigenvalue weighted by atomic mass is 10.0. The van der Waals surface area contributed by atoms with Crippen molar-refractivity contribution in [1.82, 2.24) is 5.32 Å². The van der Waals surface area contributed by atoms with E-state index < -0.39 is 0 Å². The van der Waals surface area contributed by atoms with Gasteiger partial charge in [-0.2, -0.15) is 4.73 Å². The molecule has 1 N–H and O–H groups in total. The Morgan fingerprint density at radius 1 is 0.867 bits per heavy atom. The largest absolute Gasteiger partial charge is 0.619 e. The van der Waals surface area contributed by atoms with Gasteiger partial charge in [-0.1, -0.05) is 97.0 Å². The van der Waals surface area contributed by atoms with E-state index in [-0.39, 0.29) is 5.91 Å². The Morgan fingerprint density at radius 2 is 1.43 bits per heavy atom. The van der Waals surface area contributed by atoms with Crippen LogP contribution in [0.3, 0.4) is 0 Å². The quantitative estimate of drug-likeness (QED) is 0.159. The molecule has 172 valence electrons. The maximum absolute atomic E-state index is 11.9. The number of aromatic nitrogens is 1. The highest BCUT2D eigenvalue weighted by Crippen LogP contribution is 2.14. The van der Waals surface area contributed by atoms with Crippen LogP contribution in [0.1, 0.15) is 116 Å². The molecule has 0 aromatic carbocycles. The van der Waals surface area contributed by atoms with Gasteiger partial charge in [0, 0.05) is 31.5 Å². The number of hydrogen-bond donors (Lipinski definition) is 1. The number of hydrogen-bond acceptors (Lipinski definition) is 2. The first-order chi connectivity index (χ1) is 14.6. The van der Waals surface area contributed by atoms with Crippen LogP contribution in [0.2, 0.25) is 0 Å². The van der Waals surface area contributed by atoms with Gasteiger partial charge in [-0.05, 0) is 18.8 Å². The maximum atomic E-state index is 11.9. The van der Waals surface area contributed by atoms with Crippen LogP contribution in [-0.2, 0) is 11.2 Å². The molecule has 0 aliphatic carbocycles. The minimum atomic E-state index is 0.145. The van der Waals surface area contributed by atoms with Gasteiger partial charge in [-0.25, -0.2) is 0 Å². The average Bonchev–Trinajstić information content (AvgIpc) is 2.72. The van der Waals surface area contributed by atoms with Gasteiger partial charge >= 0.3 is 0 Å². The van der Waals surface area contributed by atoms with Gasteiger partial charge < -0.3 is 10.5 Å². The van der Waals surface area contributed by atoms with Crippen LogP contribution in [0.15, 0.2) is 24.4 Å². The van der Waals surface area contributed by atoms with E-state index >= 15 is 0 Å². The van der Waals surface area contributed by atoms with Crippen molar-refractivity contribution < 1.29 is 9.52 Å². The lowest BCUT2D eigenvalue weighted by molar-refractivity contribution is -0.614. The summed E-state index contributed by atoms with van der Waals surface area (Å²) in [6, 6.07) is 5.44. The van der Waals surface area contributed by atoms with Crippen molar-refractivity contribution in [2.75, 3.05) is 6.54 Å². The lowest BCUT2D eigenvalue weighted by Crippen LogP contribution is -2.31. The molecule has 0 aliphatic heterocycles. The summed E-state index contributed by atoms with van der Waals surface area (Å²) in [5, 5.41) is 14.5. The molecule has 1 rings (SSSR count). The third kappa shape index (κ3) is 15.3. The van der Waals surface area contributed by atoms with Crippen LogP contribution in [-0.4, -0.2) is 12.5 Å². The van der Waals surface area contributed by atoms with Crippen molar-refractivity contribution in [2.45, 2.75) is 117 Å². The van der Waals surface area contributed by atoms with E-state index in [1.807, 2.05) is 12.1 Å². The molecule has 4 heteroatoms. The van der Waals surface area contributed by atoms with E-state index in [9.17, 15) is 10.0 Å². The van der Waals surface area contributed by atoms with Crippen LogP contribution in [0.4, 0.5) is 0 Å². The molecule has 1 aromatic heterocycles. The summed E-state index contributed by atoms with van der Waals surface area (Å²) in [5.41, 5.74) is 0.758. The minimum absolute atomic E-state index is 0.145. The molecule has 30 heavy (non-hydrogen) atoms. The molecule has 0 atom stereocenters.